The molecule has 37 heavy (non-hydrogen) atoms. The van der Waals surface area contributed by atoms with Crippen LogP contribution in [0, 0.1) is 0 Å². The van der Waals surface area contributed by atoms with Crippen molar-refractivity contribution in [1.29, 1.82) is 0 Å². The Morgan fingerprint density at radius 2 is 1.65 bits per heavy atom. The van der Waals surface area contributed by atoms with E-state index in [1.165, 1.54) is 23.7 Å². The lowest BCUT2D eigenvalue weighted by Gasteiger charge is -2.42. The molecule has 0 spiro atoms. The molecule has 0 bridgehead atoms. The Labute approximate surface area is 217 Å². The predicted molar refractivity (Wildman–Crippen MR) is 141 cm³/mol. The lowest BCUT2D eigenvalue weighted by Crippen LogP contribution is -2.52. The molecule has 3 unspecified atom stereocenters. The summed E-state index contributed by atoms with van der Waals surface area (Å²) in [4.78, 5) is 31.4. The van der Waals surface area contributed by atoms with Crippen LogP contribution >= 0.6 is 0 Å². The lowest BCUT2D eigenvalue weighted by molar-refractivity contribution is -0.133. The zero-order chi connectivity index (χ0) is 26.4. The molecule has 200 valence electrons. The second kappa shape index (κ2) is 12.4. The van der Waals surface area contributed by atoms with Gasteiger partial charge in [0.1, 0.15) is 6.04 Å². The molecule has 2 aromatic rings. The van der Waals surface area contributed by atoms with Gasteiger partial charge in [0.25, 0.3) is 11.8 Å². The van der Waals surface area contributed by atoms with Crippen molar-refractivity contribution in [3.05, 3.63) is 59.7 Å². The largest absolute Gasteiger partial charge is 0.391 e. The van der Waals surface area contributed by atoms with Gasteiger partial charge in [0.05, 0.1) is 19.3 Å². The van der Waals surface area contributed by atoms with Crippen LogP contribution in [0.25, 0.3) is 0 Å². The monoisotopic (exact) mass is 511 g/mol. The summed E-state index contributed by atoms with van der Waals surface area (Å²) >= 11 is 0. The number of benzene rings is 2. The quantitative estimate of drug-likeness (QED) is 0.309. The van der Waals surface area contributed by atoms with E-state index in [1.807, 2.05) is 12.1 Å². The van der Waals surface area contributed by atoms with E-state index in [-0.39, 0.29) is 6.04 Å². The maximum atomic E-state index is 12.6. The smallest absolute Gasteiger partial charge is 0.268 e. The predicted octanol–water partition coefficient (Wildman–Crippen LogP) is 1.22. The standard InChI is InChI=1S/C27H37N5O5/c1-19-17-31(23-7-3-21(4-8-23)18-30-13-15-37-16-14-30)11-12-32(19)24-9-5-22(6-10-24)26(34)28-25(20(2)33)27(35)29-36/h3-10,19-20,25,33,36H,11-18H2,1-2H3,(H,28,34)(H,29,35). The first kappa shape index (κ1) is 26.9. The molecule has 0 saturated carbocycles. The Morgan fingerprint density at radius 1 is 1.00 bits per heavy atom. The average Bonchev–Trinajstić information content (AvgIpc) is 2.92. The fourth-order valence-corrected chi connectivity index (χ4v) is 4.91. The highest BCUT2D eigenvalue weighted by Crippen LogP contribution is 2.25. The number of hydroxylamine groups is 1. The molecule has 2 aliphatic rings. The molecule has 2 aliphatic heterocycles. The van der Waals surface area contributed by atoms with Gasteiger partial charge < -0.3 is 25.0 Å². The van der Waals surface area contributed by atoms with E-state index in [2.05, 4.69) is 51.2 Å². The molecule has 10 nitrogen and oxygen atoms in total. The fraction of sp³-hybridized carbons (Fsp3) is 0.481. The van der Waals surface area contributed by atoms with Crippen molar-refractivity contribution in [2.45, 2.75) is 38.6 Å². The molecule has 2 amide bonds. The first-order chi connectivity index (χ1) is 17.9. The molecule has 2 heterocycles. The van der Waals surface area contributed by atoms with Crippen LogP contribution in [-0.4, -0.2) is 91.2 Å². The van der Waals surface area contributed by atoms with Crippen molar-refractivity contribution >= 4 is 23.2 Å². The number of piperazine rings is 1. The van der Waals surface area contributed by atoms with Gasteiger partial charge in [-0.05, 0) is 55.8 Å². The highest BCUT2D eigenvalue weighted by Gasteiger charge is 2.27. The van der Waals surface area contributed by atoms with Gasteiger partial charge in [-0.1, -0.05) is 12.1 Å². The Morgan fingerprint density at radius 3 is 2.24 bits per heavy atom. The summed E-state index contributed by atoms with van der Waals surface area (Å²) in [7, 11) is 0. The SMILES string of the molecule is CC(O)C(NC(=O)c1ccc(N2CCN(c3ccc(CN4CCOCC4)cc3)CC2C)cc1)C(=O)NO. The van der Waals surface area contributed by atoms with Crippen LogP contribution in [0.1, 0.15) is 29.8 Å². The summed E-state index contributed by atoms with van der Waals surface area (Å²) in [6.07, 6.45) is -1.16. The van der Waals surface area contributed by atoms with Gasteiger partial charge in [0.2, 0.25) is 0 Å². The molecule has 2 aromatic carbocycles. The highest BCUT2D eigenvalue weighted by atomic mass is 16.5. The van der Waals surface area contributed by atoms with E-state index >= 15 is 0 Å². The van der Waals surface area contributed by atoms with E-state index in [9.17, 15) is 14.7 Å². The Hall–Kier alpha value is -3.18. The minimum absolute atomic E-state index is 0.273. The summed E-state index contributed by atoms with van der Waals surface area (Å²) in [5.41, 5.74) is 5.39. The number of rotatable bonds is 8. The highest BCUT2D eigenvalue weighted by molar-refractivity contribution is 5.97. The molecular weight excluding hydrogens is 474 g/mol. The van der Waals surface area contributed by atoms with Gasteiger partial charge in [-0.3, -0.25) is 19.7 Å². The molecule has 4 rings (SSSR count). The third kappa shape index (κ3) is 6.78. The molecule has 4 N–H and O–H groups in total. The number of aliphatic hydroxyl groups excluding tert-OH is 1. The number of carbonyl (C=O) groups is 2. The molecule has 0 aromatic heterocycles. The number of anilines is 2. The maximum absolute atomic E-state index is 12.6. The fourth-order valence-electron chi connectivity index (χ4n) is 4.91. The van der Waals surface area contributed by atoms with E-state index in [4.69, 9.17) is 9.94 Å². The van der Waals surface area contributed by atoms with Gasteiger partial charge in [0.15, 0.2) is 0 Å². The second-order valence-corrected chi connectivity index (χ2v) is 9.76. The number of morpholine rings is 1. The lowest BCUT2D eigenvalue weighted by atomic mass is 10.1. The van der Waals surface area contributed by atoms with Crippen molar-refractivity contribution < 1.29 is 24.6 Å². The molecule has 2 saturated heterocycles. The zero-order valence-corrected chi connectivity index (χ0v) is 21.5. The summed E-state index contributed by atoms with van der Waals surface area (Å²) in [6.45, 7) is 10.7. The van der Waals surface area contributed by atoms with Crippen LogP contribution < -0.4 is 20.6 Å². The minimum Gasteiger partial charge on any atom is -0.391 e. The number of aliphatic hydroxyl groups is 1. The van der Waals surface area contributed by atoms with Crippen LogP contribution in [0.15, 0.2) is 48.5 Å². The first-order valence-electron chi connectivity index (χ1n) is 12.8. The van der Waals surface area contributed by atoms with Crippen molar-refractivity contribution in [2.24, 2.45) is 0 Å². The first-order valence-corrected chi connectivity index (χ1v) is 12.8. The van der Waals surface area contributed by atoms with Crippen molar-refractivity contribution in [3.8, 4) is 0 Å². The molecule has 10 heteroatoms. The molecule has 3 atom stereocenters. The van der Waals surface area contributed by atoms with Crippen LogP contribution in [-0.2, 0) is 16.1 Å². The topological polar surface area (TPSA) is 118 Å². The number of ether oxygens (including phenoxy) is 1. The molecular formula is C27H37N5O5. The molecule has 2 fully saturated rings. The van der Waals surface area contributed by atoms with E-state index < -0.39 is 24.0 Å². The number of nitrogens with zero attached hydrogens (tertiary/aromatic N) is 3. The number of hydrogen-bond acceptors (Lipinski definition) is 8. The van der Waals surface area contributed by atoms with Gasteiger partial charge in [0, 0.05) is 62.2 Å². The van der Waals surface area contributed by atoms with E-state index in [0.717, 1.165) is 58.2 Å². The molecule has 0 radical (unpaired) electrons. The van der Waals surface area contributed by atoms with Crippen LogP contribution in [0.2, 0.25) is 0 Å². The van der Waals surface area contributed by atoms with Crippen LogP contribution in [0.4, 0.5) is 11.4 Å². The Balaban J connectivity index is 1.32. The summed E-state index contributed by atoms with van der Waals surface area (Å²) in [5.74, 6) is -1.38. The summed E-state index contributed by atoms with van der Waals surface area (Å²) < 4.78 is 5.44. The van der Waals surface area contributed by atoms with E-state index in [0.29, 0.717) is 5.56 Å². The number of amides is 2. The number of carbonyl (C=O) groups excluding carboxylic acids is 2. The number of nitrogens with one attached hydrogen (secondary N) is 2. The third-order valence-electron chi connectivity index (χ3n) is 7.06. The minimum atomic E-state index is -1.25. The van der Waals surface area contributed by atoms with Gasteiger partial charge in [-0.2, -0.15) is 0 Å². The van der Waals surface area contributed by atoms with Gasteiger partial charge >= 0.3 is 0 Å². The average molecular weight is 512 g/mol. The van der Waals surface area contributed by atoms with Gasteiger partial charge in [-0.15, -0.1) is 0 Å². The van der Waals surface area contributed by atoms with Gasteiger partial charge in [-0.25, -0.2) is 5.48 Å². The second-order valence-electron chi connectivity index (χ2n) is 9.76. The third-order valence-corrected chi connectivity index (χ3v) is 7.06. The van der Waals surface area contributed by atoms with Crippen LogP contribution in [0.3, 0.4) is 0 Å². The zero-order valence-electron chi connectivity index (χ0n) is 21.5. The van der Waals surface area contributed by atoms with Crippen molar-refractivity contribution in [3.63, 3.8) is 0 Å². The number of hydrogen-bond donors (Lipinski definition) is 4. The van der Waals surface area contributed by atoms with Crippen LogP contribution in [0.5, 0.6) is 0 Å². The van der Waals surface area contributed by atoms with Crippen molar-refractivity contribution in [2.75, 3.05) is 55.7 Å². The summed E-state index contributed by atoms with van der Waals surface area (Å²) in [5, 5.41) is 21.0. The Bertz CT molecular complexity index is 1040. The maximum Gasteiger partial charge on any atom is 0.268 e. The van der Waals surface area contributed by atoms with Crippen molar-refractivity contribution in [1.82, 2.24) is 15.7 Å². The summed E-state index contributed by atoms with van der Waals surface area (Å²) in [6, 6.07) is 15.1. The van der Waals surface area contributed by atoms with E-state index in [1.54, 1.807) is 12.1 Å². The molecule has 0 aliphatic carbocycles. The normalized spacial score (nSPS) is 20.3. The Kier molecular flexibility index (Phi) is 8.99.